The number of aliphatic hydroxyl groups is 1. The van der Waals surface area contributed by atoms with Crippen molar-refractivity contribution in [1.29, 1.82) is 0 Å². The standard InChI is InChI=1S/C13H16ClN3O/c14-12-11-5-6-17(13(11)16-8-15-12)10-3-1-9(7-18)2-4-10/h5-6,8-10,18H,1-4,7H2. The highest BCUT2D eigenvalue weighted by Crippen LogP contribution is 2.34. The van der Waals surface area contributed by atoms with Gasteiger partial charge in [0.2, 0.25) is 0 Å². The Bertz CT molecular complexity index is 546. The predicted molar refractivity (Wildman–Crippen MR) is 70.6 cm³/mol. The molecule has 0 radical (unpaired) electrons. The largest absolute Gasteiger partial charge is 0.396 e. The number of hydrogen-bond acceptors (Lipinski definition) is 3. The van der Waals surface area contributed by atoms with E-state index in [1.165, 1.54) is 6.33 Å². The van der Waals surface area contributed by atoms with Gasteiger partial charge in [0.05, 0.1) is 5.39 Å². The van der Waals surface area contributed by atoms with Crippen LogP contribution in [0.4, 0.5) is 0 Å². The lowest BCUT2D eigenvalue weighted by atomic mass is 9.86. The summed E-state index contributed by atoms with van der Waals surface area (Å²) in [6.07, 6.45) is 7.92. The topological polar surface area (TPSA) is 50.9 Å². The van der Waals surface area contributed by atoms with Crippen molar-refractivity contribution in [3.8, 4) is 0 Å². The van der Waals surface area contributed by atoms with Crippen LogP contribution in [0, 0.1) is 5.92 Å². The molecule has 1 aliphatic rings. The van der Waals surface area contributed by atoms with Crippen molar-refractivity contribution >= 4 is 22.6 Å². The number of rotatable bonds is 2. The molecule has 3 rings (SSSR count). The Morgan fingerprint density at radius 2 is 2.06 bits per heavy atom. The molecule has 1 N–H and O–H groups in total. The van der Waals surface area contributed by atoms with E-state index in [9.17, 15) is 5.11 Å². The Balaban J connectivity index is 1.89. The first-order valence-electron chi connectivity index (χ1n) is 6.37. The number of halogens is 1. The third kappa shape index (κ3) is 1.99. The van der Waals surface area contributed by atoms with E-state index in [2.05, 4.69) is 20.7 Å². The minimum atomic E-state index is 0.313. The van der Waals surface area contributed by atoms with Gasteiger partial charge in [0.25, 0.3) is 0 Å². The van der Waals surface area contributed by atoms with Gasteiger partial charge in [0.15, 0.2) is 0 Å². The summed E-state index contributed by atoms with van der Waals surface area (Å²) in [6, 6.07) is 2.45. The molecule has 0 atom stereocenters. The number of fused-ring (bicyclic) bond motifs is 1. The number of aromatic nitrogens is 3. The van der Waals surface area contributed by atoms with E-state index < -0.39 is 0 Å². The van der Waals surface area contributed by atoms with E-state index in [1.807, 2.05) is 6.07 Å². The predicted octanol–water partition coefficient (Wildman–Crippen LogP) is 2.81. The molecule has 0 amide bonds. The summed E-state index contributed by atoms with van der Waals surface area (Å²) in [5, 5.41) is 10.6. The second-order valence-corrected chi connectivity index (χ2v) is 5.34. The molecule has 2 aromatic heterocycles. The summed E-state index contributed by atoms with van der Waals surface area (Å²) in [7, 11) is 0. The van der Waals surface area contributed by atoms with Crippen molar-refractivity contribution in [2.45, 2.75) is 31.7 Å². The molecule has 0 spiro atoms. The molecule has 1 aliphatic carbocycles. The van der Waals surface area contributed by atoms with Crippen LogP contribution in [0.3, 0.4) is 0 Å². The molecule has 2 heterocycles. The van der Waals surface area contributed by atoms with E-state index in [0.29, 0.717) is 23.7 Å². The summed E-state index contributed by atoms with van der Waals surface area (Å²) in [6.45, 7) is 0.313. The highest BCUT2D eigenvalue weighted by atomic mass is 35.5. The van der Waals surface area contributed by atoms with E-state index in [4.69, 9.17) is 11.6 Å². The third-order valence-electron chi connectivity index (χ3n) is 3.93. The van der Waals surface area contributed by atoms with E-state index in [1.54, 1.807) is 0 Å². The lowest BCUT2D eigenvalue weighted by molar-refractivity contribution is 0.170. The normalized spacial score (nSPS) is 24.6. The van der Waals surface area contributed by atoms with Gasteiger partial charge in [-0.3, -0.25) is 0 Å². The summed E-state index contributed by atoms with van der Waals surface area (Å²) in [4.78, 5) is 8.33. The molecule has 0 aliphatic heterocycles. The summed E-state index contributed by atoms with van der Waals surface area (Å²) >= 11 is 6.06. The van der Waals surface area contributed by atoms with Gasteiger partial charge >= 0.3 is 0 Å². The number of hydrogen-bond donors (Lipinski definition) is 1. The summed E-state index contributed by atoms with van der Waals surface area (Å²) in [5.41, 5.74) is 0.919. The van der Waals surface area contributed by atoms with Crippen LogP contribution in [0.15, 0.2) is 18.6 Å². The molecule has 18 heavy (non-hydrogen) atoms. The molecular weight excluding hydrogens is 250 g/mol. The first-order chi connectivity index (χ1) is 8.79. The van der Waals surface area contributed by atoms with Gasteiger partial charge in [-0.2, -0.15) is 0 Å². The van der Waals surface area contributed by atoms with Crippen LogP contribution >= 0.6 is 11.6 Å². The van der Waals surface area contributed by atoms with E-state index in [0.717, 1.165) is 36.7 Å². The lowest BCUT2D eigenvalue weighted by Crippen LogP contribution is -2.19. The van der Waals surface area contributed by atoms with Crippen LogP contribution in [0.1, 0.15) is 31.7 Å². The van der Waals surface area contributed by atoms with Crippen LogP contribution in [-0.4, -0.2) is 26.2 Å². The Kier molecular flexibility index (Phi) is 3.22. The monoisotopic (exact) mass is 265 g/mol. The maximum absolute atomic E-state index is 9.17. The fraction of sp³-hybridized carbons (Fsp3) is 0.538. The molecule has 0 aromatic carbocycles. The molecule has 0 saturated heterocycles. The van der Waals surface area contributed by atoms with Crippen molar-refractivity contribution in [2.24, 2.45) is 5.92 Å². The van der Waals surface area contributed by atoms with Gasteiger partial charge in [-0.05, 0) is 37.7 Å². The fourth-order valence-electron chi connectivity index (χ4n) is 2.84. The zero-order valence-corrected chi connectivity index (χ0v) is 10.8. The lowest BCUT2D eigenvalue weighted by Gasteiger charge is -2.28. The fourth-order valence-corrected chi connectivity index (χ4v) is 3.03. The first-order valence-corrected chi connectivity index (χ1v) is 6.75. The Hall–Kier alpha value is -1.13. The summed E-state index contributed by atoms with van der Waals surface area (Å²) < 4.78 is 2.20. The zero-order chi connectivity index (χ0) is 12.5. The highest BCUT2D eigenvalue weighted by molar-refractivity contribution is 6.33. The van der Waals surface area contributed by atoms with Gasteiger partial charge in [-0.25, -0.2) is 9.97 Å². The van der Waals surface area contributed by atoms with Crippen molar-refractivity contribution in [3.63, 3.8) is 0 Å². The van der Waals surface area contributed by atoms with Crippen LogP contribution in [0.2, 0.25) is 5.15 Å². The van der Waals surface area contributed by atoms with Crippen molar-refractivity contribution in [2.75, 3.05) is 6.61 Å². The molecular formula is C13H16ClN3O. The van der Waals surface area contributed by atoms with Gasteiger partial charge in [-0.1, -0.05) is 11.6 Å². The molecule has 5 heteroatoms. The van der Waals surface area contributed by atoms with Crippen molar-refractivity contribution in [1.82, 2.24) is 14.5 Å². The maximum atomic E-state index is 9.17. The average molecular weight is 266 g/mol. The van der Waals surface area contributed by atoms with Crippen LogP contribution < -0.4 is 0 Å². The van der Waals surface area contributed by atoms with E-state index in [-0.39, 0.29) is 0 Å². The Morgan fingerprint density at radius 1 is 1.28 bits per heavy atom. The minimum Gasteiger partial charge on any atom is -0.396 e. The number of nitrogens with zero attached hydrogens (tertiary/aromatic N) is 3. The van der Waals surface area contributed by atoms with Gasteiger partial charge in [0, 0.05) is 18.8 Å². The molecule has 1 saturated carbocycles. The molecule has 4 nitrogen and oxygen atoms in total. The highest BCUT2D eigenvalue weighted by Gasteiger charge is 2.23. The van der Waals surface area contributed by atoms with Crippen LogP contribution in [-0.2, 0) is 0 Å². The molecule has 2 aromatic rings. The van der Waals surface area contributed by atoms with Crippen LogP contribution in [0.5, 0.6) is 0 Å². The molecule has 0 unspecified atom stereocenters. The molecule has 1 fully saturated rings. The maximum Gasteiger partial charge on any atom is 0.145 e. The molecule has 96 valence electrons. The molecule has 0 bridgehead atoms. The third-order valence-corrected chi connectivity index (χ3v) is 4.23. The first kappa shape index (κ1) is 11.9. The van der Waals surface area contributed by atoms with Crippen molar-refractivity contribution < 1.29 is 5.11 Å². The van der Waals surface area contributed by atoms with E-state index >= 15 is 0 Å². The zero-order valence-electron chi connectivity index (χ0n) is 10.1. The van der Waals surface area contributed by atoms with Crippen LogP contribution in [0.25, 0.3) is 11.0 Å². The minimum absolute atomic E-state index is 0.313. The van der Waals surface area contributed by atoms with Gasteiger partial charge in [0.1, 0.15) is 17.1 Å². The Labute approximate surface area is 111 Å². The average Bonchev–Trinajstić information content (AvgIpc) is 2.84. The number of aliphatic hydroxyl groups excluding tert-OH is 1. The van der Waals surface area contributed by atoms with Gasteiger partial charge < -0.3 is 9.67 Å². The quantitative estimate of drug-likeness (QED) is 0.850. The smallest absolute Gasteiger partial charge is 0.145 e. The summed E-state index contributed by atoms with van der Waals surface area (Å²) in [5.74, 6) is 0.473. The second kappa shape index (κ2) is 4.86. The van der Waals surface area contributed by atoms with Crippen molar-refractivity contribution in [3.05, 3.63) is 23.7 Å². The van der Waals surface area contributed by atoms with Gasteiger partial charge in [-0.15, -0.1) is 0 Å². The second-order valence-electron chi connectivity index (χ2n) is 4.98. The Morgan fingerprint density at radius 3 is 2.78 bits per heavy atom. The SMILES string of the molecule is OCC1CCC(n2ccc3c(Cl)ncnc32)CC1.